The van der Waals surface area contributed by atoms with Crippen molar-refractivity contribution >= 4 is 49.5 Å². The molecule has 2 N–H and O–H groups in total. The normalized spacial score (nSPS) is 14.3. The molecular formula is C25H38N4O9S4. The second-order valence-corrected chi connectivity index (χ2v) is 16.9. The largest absolute Gasteiger partial charge is 0.472 e. The van der Waals surface area contributed by atoms with Gasteiger partial charge in [-0.25, -0.2) is 9.97 Å². The molecule has 0 aliphatic heterocycles. The number of ether oxygens (including phenoxy) is 2. The number of aromatic nitrogens is 4. The van der Waals surface area contributed by atoms with Gasteiger partial charge in [0.15, 0.2) is 0 Å². The van der Waals surface area contributed by atoms with Crippen LogP contribution in [0.15, 0.2) is 24.5 Å². The van der Waals surface area contributed by atoms with Gasteiger partial charge in [-0.1, -0.05) is 0 Å². The first kappa shape index (κ1) is 36.1. The number of carbonyl (C=O) groups excluding carboxylic acids is 1. The number of rotatable bonds is 16. The van der Waals surface area contributed by atoms with Crippen LogP contribution in [0.5, 0.6) is 11.9 Å². The van der Waals surface area contributed by atoms with Crippen molar-refractivity contribution in [1.29, 1.82) is 0 Å². The Morgan fingerprint density at radius 3 is 1.88 bits per heavy atom. The lowest BCUT2D eigenvalue weighted by molar-refractivity contribution is -0.119. The lowest BCUT2D eigenvalue weighted by Crippen LogP contribution is -2.24. The van der Waals surface area contributed by atoms with Gasteiger partial charge in [-0.3, -0.25) is 13.9 Å². The van der Waals surface area contributed by atoms with E-state index in [2.05, 4.69) is 19.9 Å². The molecule has 0 radical (unpaired) electrons. The summed E-state index contributed by atoms with van der Waals surface area (Å²) in [7, 11) is -8.45. The van der Waals surface area contributed by atoms with Crippen molar-refractivity contribution in [3.05, 3.63) is 36.0 Å². The van der Waals surface area contributed by atoms with Gasteiger partial charge in [0.2, 0.25) is 5.88 Å². The number of nitrogens with zero attached hydrogens (tertiary/aromatic N) is 4. The predicted octanol–water partition coefficient (Wildman–Crippen LogP) is 3.99. The highest BCUT2D eigenvalue weighted by Gasteiger charge is 2.26. The molecule has 2 aromatic rings. The molecule has 13 nitrogen and oxygen atoms in total. The second kappa shape index (κ2) is 15.1. The van der Waals surface area contributed by atoms with E-state index in [0.29, 0.717) is 5.69 Å². The zero-order chi connectivity index (χ0) is 31.8. The molecule has 0 bridgehead atoms. The van der Waals surface area contributed by atoms with E-state index in [1.165, 1.54) is 12.4 Å². The van der Waals surface area contributed by atoms with Crippen molar-refractivity contribution < 1.29 is 40.2 Å². The first-order chi connectivity index (χ1) is 19.2. The van der Waals surface area contributed by atoms with Crippen LogP contribution in [0, 0.1) is 0 Å². The Hall–Kier alpha value is -2.05. The number of Topliss-reactive ketones (excluding diaryl/α,β-unsaturated/α-hetero) is 1. The molecule has 0 amide bonds. The number of ketones is 1. The summed E-state index contributed by atoms with van der Waals surface area (Å²) in [6.07, 6.45) is 2.79. The van der Waals surface area contributed by atoms with Crippen LogP contribution in [0.4, 0.5) is 0 Å². The van der Waals surface area contributed by atoms with Gasteiger partial charge in [-0.05, 0) is 47.6 Å². The smallest absolute Gasteiger partial charge is 0.317 e. The molecule has 0 aliphatic rings. The van der Waals surface area contributed by atoms with E-state index < -0.39 is 53.4 Å². The van der Waals surface area contributed by atoms with Crippen LogP contribution in [0.3, 0.4) is 0 Å². The van der Waals surface area contributed by atoms with Crippen molar-refractivity contribution in [1.82, 2.24) is 19.9 Å². The highest BCUT2D eigenvalue weighted by atomic mass is 32.2. The molecule has 2 rings (SSSR count). The fraction of sp³-hybridized carbons (Fsp3) is 0.640. The Morgan fingerprint density at radius 1 is 0.810 bits per heavy atom. The third-order valence-corrected chi connectivity index (χ3v) is 9.30. The van der Waals surface area contributed by atoms with Crippen molar-refractivity contribution in [2.24, 2.45) is 0 Å². The highest BCUT2D eigenvalue weighted by Crippen LogP contribution is 2.36. The van der Waals surface area contributed by atoms with E-state index in [-0.39, 0.29) is 47.8 Å². The molecule has 0 spiro atoms. The van der Waals surface area contributed by atoms with Crippen LogP contribution in [-0.2, 0) is 25.0 Å². The van der Waals surface area contributed by atoms with E-state index in [1.807, 2.05) is 41.5 Å². The Labute approximate surface area is 255 Å². The van der Waals surface area contributed by atoms with Crippen LogP contribution in [0.1, 0.15) is 76.4 Å². The summed E-state index contributed by atoms with van der Waals surface area (Å²) < 4.78 is 75.2. The van der Waals surface area contributed by atoms with Crippen molar-refractivity contribution in [2.75, 3.05) is 23.0 Å². The van der Waals surface area contributed by atoms with Gasteiger partial charge in [-0.15, -0.1) is 11.8 Å². The molecule has 0 saturated carbocycles. The molecule has 2 atom stereocenters. The minimum absolute atomic E-state index is 0.00190. The van der Waals surface area contributed by atoms with Gasteiger partial charge < -0.3 is 9.47 Å². The zero-order valence-electron chi connectivity index (χ0n) is 24.4. The van der Waals surface area contributed by atoms with Gasteiger partial charge >= 0.3 is 6.01 Å². The third kappa shape index (κ3) is 15.4. The maximum absolute atomic E-state index is 13.4. The van der Waals surface area contributed by atoms with Gasteiger partial charge in [0.1, 0.15) is 22.8 Å². The Morgan fingerprint density at radius 2 is 1.33 bits per heavy atom. The summed E-state index contributed by atoms with van der Waals surface area (Å²) in [4.78, 5) is 30.7. The minimum atomic E-state index is -4.23. The topological polar surface area (TPSA) is 196 Å². The summed E-state index contributed by atoms with van der Waals surface area (Å²) in [6.45, 7) is 11.0. The van der Waals surface area contributed by atoms with Crippen molar-refractivity contribution in [2.45, 2.75) is 76.1 Å². The summed E-state index contributed by atoms with van der Waals surface area (Å²) in [5, 5.41) is -1.28. The van der Waals surface area contributed by atoms with Crippen LogP contribution in [0.25, 0.3) is 0 Å². The minimum Gasteiger partial charge on any atom is -0.472 e. The van der Waals surface area contributed by atoms with Crippen LogP contribution >= 0.6 is 23.5 Å². The van der Waals surface area contributed by atoms with Crippen LogP contribution in [-0.4, -0.2) is 85.9 Å². The SMILES string of the molecule is CC(C)(C)Oc1ccnc(C(CC(=O)CC(SCCS(=O)(=O)O)c2ccnc(OC(C)(C)C)n2)SCCS(=O)(=O)O)n1. The Balaban J connectivity index is 2.32. The zero-order valence-corrected chi connectivity index (χ0v) is 27.6. The maximum Gasteiger partial charge on any atom is 0.317 e. The number of thioether (sulfide) groups is 2. The molecule has 0 fully saturated rings. The van der Waals surface area contributed by atoms with Crippen LogP contribution < -0.4 is 9.47 Å². The summed E-state index contributed by atoms with van der Waals surface area (Å²) in [5.41, 5.74) is -0.695. The molecule has 2 heterocycles. The van der Waals surface area contributed by atoms with E-state index in [9.17, 15) is 30.7 Å². The summed E-state index contributed by atoms with van der Waals surface area (Å²) in [6, 6.07) is 3.27. The average Bonchev–Trinajstić information content (AvgIpc) is 2.79. The monoisotopic (exact) mass is 666 g/mol. The maximum atomic E-state index is 13.4. The van der Waals surface area contributed by atoms with E-state index >= 15 is 0 Å². The molecule has 0 saturated heterocycles. The molecular weight excluding hydrogens is 629 g/mol. The Kier molecular flexibility index (Phi) is 13.0. The number of carbonyl (C=O) groups is 1. The third-order valence-electron chi connectivity index (χ3n) is 4.88. The fourth-order valence-electron chi connectivity index (χ4n) is 3.30. The van der Waals surface area contributed by atoms with E-state index in [1.54, 1.807) is 12.1 Å². The van der Waals surface area contributed by atoms with Crippen LogP contribution in [0.2, 0.25) is 0 Å². The van der Waals surface area contributed by atoms with Gasteiger partial charge in [0.05, 0.1) is 27.7 Å². The molecule has 42 heavy (non-hydrogen) atoms. The van der Waals surface area contributed by atoms with E-state index in [0.717, 1.165) is 23.5 Å². The molecule has 17 heteroatoms. The molecule has 2 unspecified atom stereocenters. The van der Waals surface area contributed by atoms with Crippen molar-refractivity contribution in [3.8, 4) is 11.9 Å². The van der Waals surface area contributed by atoms with Crippen molar-refractivity contribution in [3.63, 3.8) is 0 Å². The lowest BCUT2D eigenvalue weighted by atomic mass is 10.1. The Bertz CT molecular complexity index is 1300. The molecule has 2 aromatic heterocycles. The highest BCUT2D eigenvalue weighted by molar-refractivity contribution is 8.00. The van der Waals surface area contributed by atoms with Gasteiger partial charge in [0.25, 0.3) is 20.2 Å². The van der Waals surface area contributed by atoms with Gasteiger partial charge in [-0.2, -0.15) is 38.6 Å². The second-order valence-electron chi connectivity index (χ2n) is 11.2. The first-order valence-corrected chi connectivity index (χ1v) is 18.2. The fourth-order valence-corrected chi connectivity index (χ4v) is 7.50. The lowest BCUT2D eigenvalue weighted by Gasteiger charge is -2.22. The number of hydrogen-bond donors (Lipinski definition) is 2. The first-order valence-electron chi connectivity index (χ1n) is 12.9. The van der Waals surface area contributed by atoms with Gasteiger partial charge in [0, 0.05) is 42.8 Å². The average molecular weight is 667 g/mol. The molecule has 0 aromatic carbocycles. The molecule has 236 valence electrons. The van der Waals surface area contributed by atoms with E-state index in [4.69, 9.17) is 9.47 Å². The molecule has 0 aliphatic carbocycles. The standard InChI is InChI=1S/C25H38N4O9S4/c1-24(2,3)37-21-8-10-26-22(29-21)20(40-12-14-42(34,35)36)16-17(30)15-19(39-11-13-41(31,32)33)18-7-9-27-23(28-18)38-25(4,5)6/h7-10,19-20H,11-16H2,1-6H3,(H,31,32,33)(H,34,35,36). The quantitative estimate of drug-likeness (QED) is 0.244. The summed E-state index contributed by atoms with van der Waals surface area (Å²) in [5.74, 6) is -0.774. The summed E-state index contributed by atoms with van der Waals surface area (Å²) >= 11 is 2.24. The number of hydrogen-bond acceptors (Lipinski definition) is 13. The predicted molar refractivity (Wildman–Crippen MR) is 162 cm³/mol.